The third-order valence-corrected chi connectivity index (χ3v) is 5.48. The van der Waals surface area contributed by atoms with Crippen molar-refractivity contribution in [2.45, 2.75) is 19.3 Å². The predicted octanol–water partition coefficient (Wildman–Crippen LogP) is 4.03. The molecule has 1 aliphatic rings. The lowest BCUT2D eigenvalue weighted by atomic mass is 9.86. The summed E-state index contributed by atoms with van der Waals surface area (Å²) >= 11 is 0. The highest BCUT2D eigenvalue weighted by Gasteiger charge is 2.26. The molecule has 0 spiro atoms. The normalized spacial score (nSPS) is 14.2. The standard InChI is InChI=1S/C26H26N2O4/c1-31-15-14-27-23(29)17-32-26(30)24-20-11-5-6-13-22(20)28-25-19(10-7-12-21(24)25)16-18-8-3-2-4-9-18/h2-6,8-9,11,13,16H,7,10,12,14-15,17H2,1H3,(H,27,29)/b19-16-. The smallest absolute Gasteiger partial charge is 0.339 e. The van der Waals surface area contributed by atoms with Crippen LogP contribution in [0.4, 0.5) is 0 Å². The average Bonchev–Trinajstić information content (AvgIpc) is 2.82. The van der Waals surface area contributed by atoms with Gasteiger partial charge < -0.3 is 14.8 Å². The van der Waals surface area contributed by atoms with Gasteiger partial charge in [0.1, 0.15) is 0 Å². The molecular weight excluding hydrogens is 404 g/mol. The number of esters is 1. The molecule has 1 aliphatic carbocycles. The zero-order valence-electron chi connectivity index (χ0n) is 18.1. The quantitative estimate of drug-likeness (QED) is 0.452. The Labute approximate surface area is 187 Å². The zero-order chi connectivity index (χ0) is 22.3. The van der Waals surface area contributed by atoms with Crippen molar-refractivity contribution >= 4 is 34.4 Å². The number of hydrogen-bond donors (Lipinski definition) is 1. The van der Waals surface area contributed by atoms with Crippen LogP contribution in [0.3, 0.4) is 0 Å². The number of nitrogens with one attached hydrogen (secondary N) is 1. The number of aromatic nitrogens is 1. The molecular formula is C26H26N2O4. The van der Waals surface area contributed by atoms with Crippen molar-refractivity contribution in [3.05, 3.63) is 77.0 Å². The zero-order valence-corrected chi connectivity index (χ0v) is 18.1. The highest BCUT2D eigenvalue weighted by atomic mass is 16.5. The van der Waals surface area contributed by atoms with Gasteiger partial charge in [0, 0.05) is 19.0 Å². The SMILES string of the molecule is COCCNC(=O)COC(=O)c1c2c(nc3ccccc13)/C(=C\c1ccccc1)CCC2. The molecule has 2 aromatic carbocycles. The third kappa shape index (κ3) is 4.86. The molecule has 0 bridgehead atoms. The second kappa shape index (κ2) is 10.2. The fourth-order valence-electron chi connectivity index (χ4n) is 4.01. The van der Waals surface area contributed by atoms with Gasteiger partial charge >= 0.3 is 5.97 Å². The van der Waals surface area contributed by atoms with Crippen LogP contribution in [0.25, 0.3) is 22.6 Å². The minimum atomic E-state index is -0.497. The molecule has 32 heavy (non-hydrogen) atoms. The van der Waals surface area contributed by atoms with Gasteiger partial charge in [0.25, 0.3) is 5.91 Å². The summed E-state index contributed by atoms with van der Waals surface area (Å²) in [5.41, 5.74) is 5.19. The summed E-state index contributed by atoms with van der Waals surface area (Å²) in [5, 5.41) is 3.41. The number of methoxy groups -OCH3 is 1. The van der Waals surface area contributed by atoms with Crippen LogP contribution in [0.2, 0.25) is 0 Å². The van der Waals surface area contributed by atoms with E-state index < -0.39 is 5.97 Å². The summed E-state index contributed by atoms with van der Waals surface area (Å²) in [6, 6.07) is 17.7. The first-order valence-corrected chi connectivity index (χ1v) is 10.8. The summed E-state index contributed by atoms with van der Waals surface area (Å²) in [5.74, 6) is -0.852. The Hall–Kier alpha value is -3.51. The fourth-order valence-corrected chi connectivity index (χ4v) is 4.01. The Kier molecular flexibility index (Phi) is 6.92. The lowest BCUT2D eigenvalue weighted by molar-refractivity contribution is -0.124. The highest BCUT2D eigenvalue weighted by molar-refractivity contribution is 6.07. The average molecular weight is 431 g/mol. The number of ether oxygens (including phenoxy) is 2. The van der Waals surface area contributed by atoms with E-state index in [4.69, 9.17) is 14.5 Å². The molecule has 0 saturated heterocycles. The van der Waals surface area contributed by atoms with Crippen molar-refractivity contribution in [3.8, 4) is 0 Å². The maximum Gasteiger partial charge on any atom is 0.339 e. The van der Waals surface area contributed by atoms with E-state index in [9.17, 15) is 9.59 Å². The molecule has 1 aromatic heterocycles. The lowest BCUT2D eigenvalue weighted by Crippen LogP contribution is -2.31. The first-order chi connectivity index (χ1) is 15.7. The Balaban J connectivity index is 1.69. The fraction of sp³-hybridized carbons (Fsp3) is 0.269. The van der Waals surface area contributed by atoms with E-state index in [-0.39, 0.29) is 12.5 Å². The van der Waals surface area contributed by atoms with Gasteiger partial charge in [0.2, 0.25) is 0 Å². The molecule has 1 N–H and O–H groups in total. The van der Waals surface area contributed by atoms with Crippen molar-refractivity contribution in [3.63, 3.8) is 0 Å². The number of fused-ring (bicyclic) bond motifs is 2. The lowest BCUT2D eigenvalue weighted by Gasteiger charge is -2.22. The van der Waals surface area contributed by atoms with Crippen molar-refractivity contribution < 1.29 is 19.1 Å². The van der Waals surface area contributed by atoms with E-state index in [1.165, 1.54) is 0 Å². The number of nitrogens with zero attached hydrogens (tertiary/aromatic N) is 1. The molecule has 0 aliphatic heterocycles. The molecule has 6 heteroatoms. The van der Waals surface area contributed by atoms with Crippen LogP contribution in [0.15, 0.2) is 54.6 Å². The summed E-state index contributed by atoms with van der Waals surface area (Å²) < 4.78 is 10.3. The van der Waals surface area contributed by atoms with Gasteiger partial charge in [0.05, 0.1) is 23.4 Å². The van der Waals surface area contributed by atoms with E-state index >= 15 is 0 Å². The highest BCUT2D eigenvalue weighted by Crippen LogP contribution is 2.36. The number of benzene rings is 2. The molecule has 0 saturated carbocycles. The van der Waals surface area contributed by atoms with Crippen LogP contribution in [-0.4, -0.2) is 43.7 Å². The first-order valence-electron chi connectivity index (χ1n) is 10.8. The number of rotatable bonds is 7. The number of carbonyl (C=O) groups is 2. The van der Waals surface area contributed by atoms with Gasteiger partial charge in [-0.3, -0.25) is 4.79 Å². The van der Waals surface area contributed by atoms with Gasteiger partial charge in [-0.1, -0.05) is 48.5 Å². The van der Waals surface area contributed by atoms with Crippen LogP contribution < -0.4 is 5.32 Å². The van der Waals surface area contributed by atoms with E-state index in [0.717, 1.165) is 52.6 Å². The van der Waals surface area contributed by atoms with Crippen molar-refractivity contribution in [2.75, 3.05) is 26.9 Å². The number of allylic oxidation sites excluding steroid dienone is 1. The number of hydrogen-bond acceptors (Lipinski definition) is 5. The minimum Gasteiger partial charge on any atom is -0.452 e. The molecule has 4 rings (SSSR count). The summed E-state index contributed by atoms with van der Waals surface area (Å²) in [4.78, 5) is 30.1. The van der Waals surface area contributed by atoms with Gasteiger partial charge in [-0.2, -0.15) is 0 Å². The van der Waals surface area contributed by atoms with Gasteiger partial charge in [-0.15, -0.1) is 0 Å². The van der Waals surface area contributed by atoms with E-state index in [1.807, 2.05) is 42.5 Å². The number of amides is 1. The largest absolute Gasteiger partial charge is 0.452 e. The molecule has 1 heterocycles. The van der Waals surface area contributed by atoms with Crippen LogP contribution in [0.5, 0.6) is 0 Å². The molecule has 0 radical (unpaired) electrons. The van der Waals surface area contributed by atoms with E-state index in [0.29, 0.717) is 18.7 Å². The molecule has 0 unspecified atom stereocenters. The first kappa shape index (κ1) is 21.7. The summed E-state index contributed by atoms with van der Waals surface area (Å²) in [7, 11) is 1.56. The summed E-state index contributed by atoms with van der Waals surface area (Å²) in [6.07, 6.45) is 4.69. The number of carbonyl (C=O) groups excluding carboxylic acids is 2. The van der Waals surface area contributed by atoms with E-state index in [1.54, 1.807) is 7.11 Å². The maximum atomic E-state index is 13.2. The Morgan fingerprint density at radius 2 is 1.84 bits per heavy atom. The molecule has 6 nitrogen and oxygen atoms in total. The van der Waals surface area contributed by atoms with Crippen molar-refractivity contribution in [1.29, 1.82) is 0 Å². The second-order valence-corrected chi connectivity index (χ2v) is 7.68. The minimum absolute atomic E-state index is 0.333. The second-order valence-electron chi connectivity index (χ2n) is 7.68. The third-order valence-electron chi connectivity index (χ3n) is 5.48. The van der Waals surface area contributed by atoms with Crippen LogP contribution in [-0.2, 0) is 20.7 Å². The van der Waals surface area contributed by atoms with E-state index in [2.05, 4.69) is 23.5 Å². The monoisotopic (exact) mass is 430 g/mol. The van der Waals surface area contributed by atoms with Gasteiger partial charge in [0.15, 0.2) is 6.61 Å². The van der Waals surface area contributed by atoms with Crippen LogP contribution in [0, 0.1) is 0 Å². The molecule has 3 aromatic rings. The Morgan fingerprint density at radius 3 is 2.66 bits per heavy atom. The van der Waals surface area contributed by atoms with Crippen molar-refractivity contribution in [1.82, 2.24) is 10.3 Å². The van der Waals surface area contributed by atoms with Gasteiger partial charge in [-0.25, -0.2) is 9.78 Å². The maximum absolute atomic E-state index is 13.2. The molecule has 0 atom stereocenters. The Bertz CT molecular complexity index is 1160. The molecule has 1 amide bonds. The van der Waals surface area contributed by atoms with Crippen LogP contribution >= 0.6 is 0 Å². The van der Waals surface area contributed by atoms with Crippen LogP contribution in [0.1, 0.15) is 40.0 Å². The van der Waals surface area contributed by atoms with Gasteiger partial charge in [-0.05, 0) is 48.1 Å². The number of para-hydroxylation sites is 1. The summed E-state index contributed by atoms with van der Waals surface area (Å²) in [6.45, 7) is 0.438. The predicted molar refractivity (Wildman–Crippen MR) is 124 cm³/mol. The number of pyridine rings is 1. The molecule has 164 valence electrons. The molecule has 0 fully saturated rings. The van der Waals surface area contributed by atoms with Crippen molar-refractivity contribution in [2.24, 2.45) is 0 Å². The Morgan fingerprint density at radius 1 is 1.06 bits per heavy atom. The topological polar surface area (TPSA) is 77.5 Å².